The highest BCUT2D eigenvalue weighted by molar-refractivity contribution is 8.93. The summed E-state index contributed by atoms with van der Waals surface area (Å²) < 4.78 is 11.3. The Kier molecular flexibility index (Phi) is 6.95. The molecule has 80 valence electrons. The molecule has 3 nitrogen and oxygen atoms in total. The Morgan fingerprint density at radius 3 is 1.92 bits per heavy atom. The summed E-state index contributed by atoms with van der Waals surface area (Å²) in [5.74, 6) is -0.283. The number of hydrogen-bond donors (Lipinski definition) is 1. The first-order valence-electron chi connectivity index (χ1n) is 4.81. The van der Waals surface area contributed by atoms with Gasteiger partial charge in [0.05, 0.1) is 0 Å². The summed E-state index contributed by atoms with van der Waals surface area (Å²) >= 11 is 0. The molecule has 0 spiro atoms. The van der Waals surface area contributed by atoms with Crippen molar-refractivity contribution in [3.63, 3.8) is 0 Å². The molecular formula is C9H20BrNO2. The summed E-state index contributed by atoms with van der Waals surface area (Å²) in [7, 11) is 0. The Balaban J connectivity index is 0.00000144. The zero-order valence-corrected chi connectivity index (χ0v) is 10.2. The van der Waals surface area contributed by atoms with E-state index in [0.29, 0.717) is 0 Å². The monoisotopic (exact) mass is 253 g/mol. The highest BCUT2D eigenvalue weighted by Crippen LogP contribution is 2.24. The van der Waals surface area contributed by atoms with E-state index in [1.165, 1.54) is 0 Å². The lowest BCUT2D eigenvalue weighted by atomic mass is 10.1. The van der Waals surface area contributed by atoms with Crippen LogP contribution in [0.5, 0.6) is 0 Å². The maximum atomic E-state index is 5.65. The molecule has 1 rings (SSSR count). The van der Waals surface area contributed by atoms with E-state index in [1.54, 1.807) is 0 Å². The van der Waals surface area contributed by atoms with Crippen LogP contribution in [0.25, 0.3) is 0 Å². The van der Waals surface area contributed by atoms with Gasteiger partial charge >= 0.3 is 0 Å². The van der Waals surface area contributed by atoms with Gasteiger partial charge in [0.1, 0.15) is 0 Å². The molecule has 0 aromatic heterocycles. The average molecular weight is 254 g/mol. The van der Waals surface area contributed by atoms with Gasteiger partial charge in [-0.05, 0) is 13.8 Å². The standard InChI is InChI=1S/C9H19NO2.BrH/c1-3-11-9(12-4-2)5-7-10-8-6-9;/h10H,3-8H2,1-2H3;1H. The Morgan fingerprint density at radius 1 is 1.08 bits per heavy atom. The van der Waals surface area contributed by atoms with Crippen LogP contribution in [-0.2, 0) is 9.47 Å². The molecular weight excluding hydrogens is 234 g/mol. The minimum Gasteiger partial charge on any atom is -0.350 e. The number of ether oxygens (including phenoxy) is 2. The molecule has 1 saturated heterocycles. The quantitative estimate of drug-likeness (QED) is 0.775. The van der Waals surface area contributed by atoms with E-state index in [0.717, 1.165) is 39.1 Å². The fourth-order valence-electron chi connectivity index (χ4n) is 1.66. The van der Waals surface area contributed by atoms with E-state index in [1.807, 2.05) is 13.8 Å². The van der Waals surface area contributed by atoms with Crippen molar-refractivity contribution in [2.24, 2.45) is 0 Å². The molecule has 1 aliphatic rings. The molecule has 0 bridgehead atoms. The van der Waals surface area contributed by atoms with Gasteiger partial charge in [0.25, 0.3) is 0 Å². The molecule has 0 aromatic carbocycles. The van der Waals surface area contributed by atoms with Crippen molar-refractivity contribution in [3.8, 4) is 0 Å². The van der Waals surface area contributed by atoms with Gasteiger partial charge in [0.2, 0.25) is 0 Å². The van der Waals surface area contributed by atoms with Gasteiger partial charge in [-0.3, -0.25) is 0 Å². The Bertz CT molecular complexity index is 111. The molecule has 0 amide bonds. The Hall–Kier alpha value is 0.360. The third-order valence-corrected chi connectivity index (χ3v) is 2.18. The molecule has 0 saturated carbocycles. The first kappa shape index (κ1) is 13.4. The van der Waals surface area contributed by atoms with Crippen LogP contribution < -0.4 is 5.32 Å². The molecule has 1 aliphatic heterocycles. The molecule has 0 aromatic rings. The number of hydrogen-bond acceptors (Lipinski definition) is 3. The SMILES string of the molecule is Br.CCOC1(OCC)CCNCC1. The second-order valence-electron chi connectivity index (χ2n) is 3.03. The van der Waals surface area contributed by atoms with E-state index >= 15 is 0 Å². The first-order chi connectivity index (χ1) is 5.83. The molecule has 0 atom stereocenters. The van der Waals surface area contributed by atoms with Crippen LogP contribution in [0.1, 0.15) is 26.7 Å². The molecule has 1 heterocycles. The molecule has 1 N–H and O–H groups in total. The van der Waals surface area contributed by atoms with Crippen LogP contribution >= 0.6 is 17.0 Å². The van der Waals surface area contributed by atoms with Crippen LogP contribution in [0.15, 0.2) is 0 Å². The van der Waals surface area contributed by atoms with Crippen LogP contribution in [0.3, 0.4) is 0 Å². The molecule has 0 aliphatic carbocycles. The fourth-order valence-corrected chi connectivity index (χ4v) is 1.66. The van der Waals surface area contributed by atoms with Crippen LogP contribution in [0.4, 0.5) is 0 Å². The van der Waals surface area contributed by atoms with E-state index in [9.17, 15) is 0 Å². The predicted molar refractivity (Wildman–Crippen MR) is 58.4 cm³/mol. The summed E-state index contributed by atoms with van der Waals surface area (Å²) in [6.07, 6.45) is 1.93. The molecule has 4 heteroatoms. The lowest BCUT2D eigenvalue weighted by Gasteiger charge is -2.36. The summed E-state index contributed by atoms with van der Waals surface area (Å²) in [4.78, 5) is 0. The smallest absolute Gasteiger partial charge is 0.170 e. The van der Waals surface area contributed by atoms with Crippen molar-refractivity contribution >= 4 is 17.0 Å². The largest absolute Gasteiger partial charge is 0.350 e. The number of piperidine rings is 1. The summed E-state index contributed by atoms with van der Waals surface area (Å²) in [5.41, 5.74) is 0. The third-order valence-electron chi connectivity index (χ3n) is 2.18. The summed E-state index contributed by atoms with van der Waals surface area (Å²) in [6, 6.07) is 0. The van der Waals surface area contributed by atoms with E-state index in [-0.39, 0.29) is 22.8 Å². The van der Waals surface area contributed by atoms with Crippen molar-refractivity contribution in [1.29, 1.82) is 0 Å². The van der Waals surface area contributed by atoms with Crippen molar-refractivity contribution in [3.05, 3.63) is 0 Å². The molecule has 0 unspecified atom stereocenters. The predicted octanol–water partition coefficient (Wildman–Crippen LogP) is 1.72. The third kappa shape index (κ3) is 3.94. The van der Waals surface area contributed by atoms with E-state index < -0.39 is 0 Å². The maximum absolute atomic E-state index is 5.65. The number of rotatable bonds is 4. The zero-order valence-electron chi connectivity index (χ0n) is 8.47. The second-order valence-corrected chi connectivity index (χ2v) is 3.03. The minimum absolute atomic E-state index is 0. The zero-order chi connectivity index (χ0) is 8.86. The van der Waals surface area contributed by atoms with Crippen LogP contribution in [-0.4, -0.2) is 32.1 Å². The minimum atomic E-state index is -0.283. The van der Waals surface area contributed by atoms with Crippen LogP contribution in [0.2, 0.25) is 0 Å². The maximum Gasteiger partial charge on any atom is 0.170 e. The van der Waals surface area contributed by atoms with Crippen molar-refractivity contribution in [2.75, 3.05) is 26.3 Å². The first-order valence-corrected chi connectivity index (χ1v) is 4.81. The average Bonchev–Trinajstić information content (AvgIpc) is 2.07. The lowest BCUT2D eigenvalue weighted by Crippen LogP contribution is -2.46. The summed E-state index contributed by atoms with van der Waals surface area (Å²) in [5, 5.41) is 3.30. The van der Waals surface area contributed by atoms with Gasteiger partial charge in [0.15, 0.2) is 5.79 Å². The van der Waals surface area contributed by atoms with Crippen molar-refractivity contribution in [2.45, 2.75) is 32.5 Å². The van der Waals surface area contributed by atoms with Gasteiger partial charge in [0, 0.05) is 39.1 Å². The van der Waals surface area contributed by atoms with Gasteiger partial charge in [-0.1, -0.05) is 0 Å². The normalized spacial score (nSPS) is 20.8. The van der Waals surface area contributed by atoms with Gasteiger partial charge in [-0.2, -0.15) is 0 Å². The molecule has 1 fully saturated rings. The van der Waals surface area contributed by atoms with Gasteiger partial charge in [-0.25, -0.2) is 0 Å². The Labute approximate surface area is 90.9 Å². The van der Waals surface area contributed by atoms with Crippen molar-refractivity contribution in [1.82, 2.24) is 5.32 Å². The highest BCUT2D eigenvalue weighted by Gasteiger charge is 2.32. The molecule has 0 radical (unpaired) electrons. The molecule has 13 heavy (non-hydrogen) atoms. The van der Waals surface area contributed by atoms with Gasteiger partial charge in [-0.15, -0.1) is 17.0 Å². The van der Waals surface area contributed by atoms with E-state index in [4.69, 9.17) is 9.47 Å². The van der Waals surface area contributed by atoms with Gasteiger partial charge < -0.3 is 14.8 Å². The fraction of sp³-hybridized carbons (Fsp3) is 1.00. The Morgan fingerprint density at radius 2 is 1.54 bits per heavy atom. The highest BCUT2D eigenvalue weighted by atomic mass is 79.9. The number of nitrogens with one attached hydrogen (secondary N) is 1. The van der Waals surface area contributed by atoms with Crippen LogP contribution in [0, 0.1) is 0 Å². The second kappa shape index (κ2) is 6.76. The van der Waals surface area contributed by atoms with E-state index in [2.05, 4.69) is 5.32 Å². The summed E-state index contributed by atoms with van der Waals surface area (Å²) in [6.45, 7) is 7.51. The van der Waals surface area contributed by atoms with Crippen molar-refractivity contribution < 1.29 is 9.47 Å². The number of halogens is 1. The lowest BCUT2D eigenvalue weighted by molar-refractivity contribution is -0.244. The topological polar surface area (TPSA) is 30.5 Å².